The number of carbonyl (C=O) groups excluding carboxylic acids is 1. The third-order valence-corrected chi connectivity index (χ3v) is 3.34. The van der Waals surface area contributed by atoms with Gasteiger partial charge in [-0.25, -0.2) is 0 Å². The Morgan fingerprint density at radius 2 is 2.28 bits per heavy atom. The topological polar surface area (TPSA) is 53.7 Å². The normalized spacial score (nSPS) is 19.7. The van der Waals surface area contributed by atoms with Crippen LogP contribution in [0.15, 0.2) is 28.7 Å². The molecule has 1 saturated heterocycles. The highest BCUT2D eigenvalue weighted by atomic mass is 16.3. The molecule has 2 aromatic rings. The van der Waals surface area contributed by atoms with Crippen molar-refractivity contribution in [3.8, 4) is 0 Å². The molecule has 94 valence electrons. The molecule has 1 fully saturated rings. The molecule has 4 heteroatoms. The van der Waals surface area contributed by atoms with E-state index in [9.17, 15) is 9.90 Å². The second-order valence-corrected chi connectivity index (χ2v) is 4.85. The summed E-state index contributed by atoms with van der Waals surface area (Å²) < 4.78 is 5.59. The minimum absolute atomic E-state index is 0.139. The van der Waals surface area contributed by atoms with Crippen LogP contribution in [0.5, 0.6) is 0 Å². The zero-order valence-corrected chi connectivity index (χ0v) is 10.2. The predicted molar refractivity (Wildman–Crippen MR) is 67.5 cm³/mol. The lowest BCUT2D eigenvalue weighted by Gasteiger charge is -2.12. The van der Waals surface area contributed by atoms with Crippen molar-refractivity contribution in [2.75, 3.05) is 13.1 Å². The first-order valence-electron chi connectivity index (χ1n) is 6.11. The quantitative estimate of drug-likeness (QED) is 0.835. The van der Waals surface area contributed by atoms with Crippen LogP contribution < -0.4 is 0 Å². The van der Waals surface area contributed by atoms with Gasteiger partial charge in [0.2, 0.25) is 0 Å². The molecule has 1 N–H and O–H groups in total. The van der Waals surface area contributed by atoms with E-state index in [1.165, 1.54) is 0 Å². The second kappa shape index (κ2) is 4.14. The van der Waals surface area contributed by atoms with Gasteiger partial charge in [0.15, 0.2) is 5.76 Å². The maximum atomic E-state index is 12.2. The van der Waals surface area contributed by atoms with Gasteiger partial charge in [0.05, 0.1) is 6.10 Å². The number of carbonyl (C=O) groups is 1. The molecule has 3 rings (SSSR count). The number of benzene rings is 1. The first kappa shape index (κ1) is 11.3. The Hall–Kier alpha value is -1.81. The van der Waals surface area contributed by atoms with Crippen LogP contribution in [0.1, 0.15) is 22.5 Å². The first-order chi connectivity index (χ1) is 8.63. The molecular weight excluding hydrogens is 230 g/mol. The van der Waals surface area contributed by atoms with Crippen LogP contribution in [0, 0.1) is 6.92 Å². The van der Waals surface area contributed by atoms with Gasteiger partial charge in [-0.3, -0.25) is 4.79 Å². The Labute approximate surface area is 105 Å². The summed E-state index contributed by atoms with van der Waals surface area (Å²) in [5.41, 5.74) is 1.84. The molecule has 2 heterocycles. The van der Waals surface area contributed by atoms with Gasteiger partial charge < -0.3 is 14.4 Å². The number of rotatable bonds is 1. The van der Waals surface area contributed by atoms with Crippen LogP contribution in [0.25, 0.3) is 11.0 Å². The molecule has 1 aromatic heterocycles. The molecule has 18 heavy (non-hydrogen) atoms. The number of furan rings is 1. The number of likely N-dealkylation sites (tertiary alicyclic amines) is 1. The number of hydrogen-bond donors (Lipinski definition) is 1. The lowest BCUT2D eigenvalue weighted by Crippen LogP contribution is -2.29. The zero-order chi connectivity index (χ0) is 12.7. The van der Waals surface area contributed by atoms with E-state index in [0.29, 0.717) is 25.3 Å². The van der Waals surface area contributed by atoms with Crippen molar-refractivity contribution in [2.45, 2.75) is 19.4 Å². The Balaban J connectivity index is 1.92. The van der Waals surface area contributed by atoms with Crippen LogP contribution in [-0.2, 0) is 0 Å². The number of aliphatic hydroxyl groups is 1. The van der Waals surface area contributed by atoms with Crippen LogP contribution in [0.2, 0.25) is 0 Å². The highest BCUT2D eigenvalue weighted by Crippen LogP contribution is 2.22. The highest BCUT2D eigenvalue weighted by Gasteiger charge is 2.27. The van der Waals surface area contributed by atoms with Crippen molar-refractivity contribution in [2.24, 2.45) is 0 Å². The SMILES string of the molecule is Cc1ccc2cc(C(=O)N3CCC(O)C3)oc2c1. The summed E-state index contributed by atoms with van der Waals surface area (Å²) in [5, 5.41) is 10.4. The van der Waals surface area contributed by atoms with E-state index in [1.54, 1.807) is 11.0 Å². The van der Waals surface area contributed by atoms with E-state index in [0.717, 1.165) is 16.5 Å². The average Bonchev–Trinajstić information content (AvgIpc) is 2.93. The van der Waals surface area contributed by atoms with E-state index in [2.05, 4.69) is 0 Å². The predicted octanol–water partition coefficient (Wildman–Crippen LogP) is 1.95. The number of aliphatic hydroxyl groups excluding tert-OH is 1. The fourth-order valence-corrected chi connectivity index (χ4v) is 2.33. The minimum Gasteiger partial charge on any atom is -0.451 e. The molecule has 1 unspecified atom stereocenters. The second-order valence-electron chi connectivity index (χ2n) is 4.85. The van der Waals surface area contributed by atoms with Crippen molar-refractivity contribution >= 4 is 16.9 Å². The fourth-order valence-electron chi connectivity index (χ4n) is 2.33. The van der Waals surface area contributed by atoms with Gasteiger partial charge in [0, 0.05) is 18.5 Å². The number of aryl methyl sites for hydroxylation is 1. The van der Waals surface area contributed by atoms with Crippen molar-refractivity contribution in [3.05, 3.63) is 35.6 Å². The zero-order valence-electron chi connectivity index (χ0n) is 10.2. The van der Waals surface area contributed by atoms with Gasteiger partial charge in [0.25, 0.3) is 5.91 Å². The summed E-state index contributed by atoms with van der Waals surface area (Å²) in [4.78, 5) is 13.8. The van der Waals surface area contributed by atoms with Gasteiger partial charge in [-0.05, 0) is 31.0 Å². The van der Waals surface area contributed by atoms with Gasteiger partial charge in [-0.1, -0.05) is 12.1 Å². The number of hydrogen-bond acceptors (Lipinski definition) is 3. The monoisotopic (exact) mass is 245 g/mol. The van der Waals surface area contributed by atoms with Crippen LogP contribution >= 0.6 is 0 Å². The van der Waals surface area contributed by atoms with E-state index in [1.807, 2.05) is 25.1 Å². The summed E-state index contributed by atoms with van der Waals surface area (Å²) in [7, 11) is 0. The molecule has 1 aliphatic heterocycles. The number of nitrogens with zero attached hydrogens (tertiary/aromatic N) is 1. The fraction of sp³-hybridized carbons (Fsp3) is 0.357. The van der Waals surface area contributed by atoms with Crippen LogP contribution in [0.4, 0.5) is 0 Å². The standard InChI is InChI=1S/C14H15NO3/c1-9-2-3-10-7-13(18-12(10)6-9)14(17)15-5-4-11(16)8-15/h2-3,6-7,11,16H,4-5,8H2,1H3. The molecule has 1 aliphatic rings. The first-order valence-corrected chi connectivity index (χ1v) is 6.11. The smallest absolute Gasteiger partial charge is 0.289 e. The highest BCUT2D eigenvalue weighted by molar-refractivity contribution is 5.96. The largest absolute Gasteiger partial charge is 0.451 e. The maximum absolute atomic E-state index is 12.2. The summed E-state index contributed by atoms with van der Waals surface area (Å²) in [6.45, 7) is 2.98. The van der Waals surface area contributed by atoms with Gasteiger partial charge in [-0.15, -0.1) is 0 Å². The minimum atomic E-state index is -0.402. The molecular formula is C14H15NO3. The Kier molecular flexibility index (Phi) is 2.59. The molecule has 0 saturated carbocycles. The maximum Gasteiger partial charge on any atom is 0.289 e. The molecule has 4 nitrogen and oxygen atoms in total. The van der Waals surface area contributed by atoms with Crippen molar-refractivity contribution in [3.63, 3.8) is 0 Å². The van der Waals surface area contributed by atoms with Crippen molar-refractivity contribution in [1.82, 2.24) is 4.90 Å². The Morgan fingerprint density at radius 3 is 3.00 bits per heavy atom. The Morgan fingerprint density at radius 1 is 1.44 bits per heavy atom. The molecule has 0 radical (unpaired) electrons. The third kappa shape index (κ3) is 1.88. The Bertz CT molecular complexity index is 602. The third-order valence-electron chi connectivity index (χ3n) is 3.34. The van der Waals surface area contributed by atoms with Crippen LogP contribution in [-0.4, -0.2) is 35.1 Å². The summed E-state index contributed by atoms with van der Waals surface area (Å²) in [5.74, 6) is 0.213. The number of β-amino-alcohol motifs (C(OH)–C–C–N with tert-alkyl or cyclic N) is 1. The number of fused-ring (bicyclic) bond motifs is 1. The summed E-state index contributed by atoms with van der Waals surface area (Å²) in [6, 6.07) is 7.63. The lowest BCUT2D eigenvalue weighted by atomic mass is 10.2. The molecule has 0 aliphatic carbocycles. The average molecular weight is 245 g/mol. The number of amides is 1. The summed E-state index contributed by atoms with van der Waals surface area (Å²) in [6.07, 6.45) is 0.242. The lowest BCUT2D eigenvalue weighted by molar-refractivity contribution is 0.0736. The molecule has 1 aromatic carbocycles. The van der Waals surface area contributed by atoms with E-state index in [-0.39, 0.29) is 5.91 Å². The van der Waals surface area contributed by atoms with E-state index < -0.39 is 6.10 Å². The van der Waals surface area contributed by atoms with Gasteiger partial charge in [0.1, 0.15) is 5.58 Å². The van der Waals surface area contributed by atoms with Crippen molar-refractivity contribution in [1.29, 1.82) is 0 Å². The van der Waals surface area contributed by atoms with E-state index >= 15 is 0 Å². The van der Waals surface area contributed by atoms with Crippen LogP contribution in [0.3, 0.4) is 0 Å². The molecule has 1 atom stereocenters. The molecule has 0 spiro atoms. The van der Waals surface area contributed by atoms with Gasteiger partial charge in [-0.2, -0.15) is 0 Å². The summed E-state index contributed by atoms with van der Waals surface area (Å²) >= 11 is 0. The van der Waals surface area contributed by atoms with Crippen molar-refractivity contribution < 1.29 is 14.3 Å². The van der Waals surface area contributed by atoms with E-state index in [4.69, 9.17) is 4.42 Å². The van der Waals surface area contributed by atoms with Gasteiger partial charge >= 0.3 is 0 Å². The molecule has 1 amide bonds. The molecule has 0 bridgehead atoms.